The zero-order valence-electron chi connectivity index (χ0n) is 10.9. The molecule has 0 aliphatic heterocycles. The van der Waals surface area contributed by atoms with Gasteiger partial charge in [-0.05, 0) is 42.2 Å². The van der Waals surface area contributed by atoms with Gasteiger partial charge in [0.15, 0.2) is 0 Å². The minimum Gasteiger partial charge on any atom is -0.465 e. The third kappa shape index (κ3) is 2.14. The van der Waals surface area contributed by atoms with E-state index in [9.17, 15) is 4.79 Å². The van der Waals surface area contributed by atoms with Crippen LogP contribution in [0, 0.1) is 13.8 Å². The largest absolute Gasteiger partial charge is 0.465 e. The van der Waals surface area contributed by atoms with Crippen LogP contribution in [0.3, 0.4) is 0 Å². The molecule has 18 heavy (non-hydrogen) atoms. The van der Waals surface area contributed by atoms with Crippen molar-refractivity contribution in [3.63, 3.8) is 0 Å². The molecular formula is C16H16O2. The number of carbonyl (C=O) groups excluding carboxylic acids is 1. The van der Waals surface area contributed by atoms with Crippen molar-refractivity contribution in [3.05, 3.63) is 59.2 Å². The summed E-state index contributed by atoms with van der Waals surface area (Å²) < 4.78 is 4.83. The molecule has 0 fully saturated rings. The molecule has 2 aromatic rings. The lowest BCUT2D eigenvalue weighted by molar-refractivity contribution is 0.0601. The maximum absolute atomic E-state index is 11.8. The fraction of sp³-hybridized carbons (Fsp3) is 0.188. The first-order chi connectivity index (χ1) is 8.65. The second kappa shape index (κ2) is 5.05. The van der Waals surface area contributed by atoms with E-state index >= 15 is 0 Å². The van der Waals surface area contributed by atoms with Gasteiger partial charge in [0.05, 0.1) is 12.7 Å². The van der Waals surface area contributed by atoms with E-state index in [1.165, 1.54) is 18.2 Å². The summed E-state index contributed by atoms with van der Waals surface area (Å²) in [6, 6.07) is 13.6. The Hall–Kier alpha value is -2.09. The Morgan fingerprint density at radius 1 is 0.944 bits per heavy atom. The fourth-order valence-corrected chi connectivity index (χ4v) is 2.05. The summed E-state index contributed by atoms with van der Waals surface area (Å²) in [7, 11) is 1.40. The summed E-state index contributed by atoms with van der Waals surface area (Å²) in [4.78, 5) is 11.8. The first-order valence-corrected chi connectivity index (χ1v) is 5.89. The van der Waals surface area contributed by atoms with Crippen molar-refractivity contribution in [2.45, 2.75) is 13.8 Å². The Morgan fingerprint density at radius 2 is 1.61 bits per heavy atom. The molecule has 2 rings (SSSR count). The van der Waals surface area contributed by atoms with Crippen molar-refractivity contribution in [1.82, 2.24) is 0 Å². The molecule has 0 unspecified atom stereocenters. The molecule has 0 saturated heterocycles. The van der Waals surface area contributed by atoms with Crippen molar-refractivity contribution in [1.29, 1.82) is 0 Å². The summed E-state index contributed by atoms with van der Waals surface area (Å²) in [5, 5.41) is 0. The normalized spacial score (nSPS) is 10.2. The van der Waals surface area contributed by atoms with E-state index in [0.717, 1.165) is 11.1 Å². The molecule has 0 aliphatic rings. The van der Waals surface area contributed by atoms with Gasteiger partial charge in [0.2, 0.25) is 0 Å². The van der Waals surface area contributed by atoms with E-state index in [-0.39, 0.29) is 5.97 Å². The fourth-order valence-electron chi connectivity index (χ4n) is 2.05. The highest BCUT2D eigenvalue weighted by Gasteiger charge is 2.14. The van der Waals surface area contributed by atoms with Crippen LogP contribution in [0.5, 0.6) is 0 Å². The highest BCUT2D eigenvalue weighted by atomic mass is 16.5. The number of hydrogen-bond acceptors (Lipinski definition) is 2. The van der Waals surface area contributed by atoms with Gasteiger partial charge in [-0.25, -0.2) is 4.79 Å². The Labute approximate surface area is 107 Å². The molecule has 2 nitrogen and oxygen atoms in total. The van der Waals surface area contributed by atoms with Gasteiger partial charge in [-0.3, -0.25) is 0 Å². The Morgan fingerprint density at radius 3 is 2.33 bits per heavy atom. The van der Waals surface area contributed by atoms with Crippen LogP contribution in [-0.2, 0) is 4.74 Å². The lowest BCUT2D eigenvalue weighted by atomic mass is 9.94. The van der Waals surface area contributed by atoms with Gasteiger partial charge in [-0.1, -0.05) is 36.4 Å². The number of carbonyl (C=O) groups is 1. The molecule has 0 saturated carbocycles. The molecule has 0 bridgehead atoms. The van der Waals surface area contributed by atoms with Crippen molar-refractivity contribution in [3.8, 4) is 11.1 Å². The molecule has 2 heteroatoms. The molecule has 0 amide bonds. The van der Waals surface area contributed by atoms with E-state index in [4.69, 9.17) is 4.74 Å². The summed E-state index contributed by atoms with van der Waals surface area (Å²) >= 11 is 0. The van der Waals surface area contributed by atoms with E-state index in [2.05, 4.69) is 19.9 Å². The second-order valence-electron chi connectivity index (χ2n) is 4.28. The SMILES string of the molecule is COC(=O)c1ccccc1-c1cccc(C)c1C. The first kappa shape index (κ1) is 12.4. The number of hydrogen-bond donors (Lipinski definition) is 0. The van der Waals surface area contributed by atoms with Gasteiger partial charge in [0.1, 0.15) is 0 Å². The van der Waals surface area contributed by atoms with Crippen molar-refractivity contribution in [2.24, 2.45) is 0 Å². The number of methoxy groups -OCH3 is 1. The predicted molar refractivity (Wildman–Crippen MR) is 72.7 cm³/mol. The highest BCUT2D eigenvalue weighted by Crippen LogP contribution is 2.28. The molecule has 0 N–H and O–H groups in total. The Balaban J connectivity index is 2.64. The minimum absolute atomic E-state index is 0.300. The monoisotopic (exact) mass is 240 g/mol. The van der Waals surface area contributed by atoms with E-state index < -0.39 is 0 Å². The highest BCUT2D eigenvalue weighted by molar-refractivity contribution is 5.97. The van der Waals surface area contributed by atoms with Gasteiger partial charge in [-0.2, -0.15) is 0 Å². The van der Waals surface area contributed by atoms with Crippen LogP contribution in [0.15, 0.2) is 42.5 Å². The van der Waals surface area contributed by atoms with Gasteiger partial charge in [0, 0.05) is 0 Å². The van der Waals surface area contributed by atoms with Crippen LogP contribution in [0.4, 0.5) is 0 Å². The lowest BCUT2D eigenvalue weighted by Crippen LogP contribution is -2.04. The van der Waals surface area contributed by atoms with Crippen LogP contribution >= 0.6 is 0 Å². The molecule has 0 aliphatic carbocycles. The van der Waals surface area contributed by atoms with E-state index in [1.807, 2.05) is 30.3 Å². The zero-order valence-corrected chi connectivity index (χ0v) is 10.9. The number of ether oxygens (including phenoxy) is 1. The summed E-state index contributed by atoms with van der Waals surface area (Å²) in [6.45, 7) is 4.14. The number of benzene rings is 2. The van der Waals surface area contributed by atoms with E-state index in [0.29, 0.717) is 5.56 Å². The maximum Gasteiger partial charge on any atom is 0.338 e. The van der Waals surface area contributed by atoms with Gasteiger partial charge in [0.25, 0.3) is 0 Å². The van der Waals surface area contributed by atoms with Crippen LogP contribution < -0.4 is 0 Å². The smallest absolute Gasteiger partial charge is 0.338 e. The lowest BCUT2D eigenvalue weighted by Gasteiger charge is -2.12. The molecule has 92 valence electrons. The Bertz CT molecular complexity index is 585. The van der Waals surface area contributed by atoms with Crippen molar-refractivity contribution < 1.29 is 9.53 Å². The third-order valence-corrected chi connectivity index (χ3v) is 3.23. The number of esters is 1. The topological polar surface area (TPSA) is 26.3 Å². The standard InChI is InChI=1S/C16H16O2/c1-11-7-6-10-13(12(11)2)14-8-4-5-9-15(14)16(17)18-3/h4-10H,1-3H3. The number of rotatable bonds is 2. The number of aryl methyl sites for hydroxylation is 1. The van der Waals surface area contributed by atoms with Gasteiger partial charge < -0.3 is 4.74 Å². The molecule has 0 heterocycles. The average molecular weight is 240 g/mol. The molecule has 0 atom stereocenters. The average Bonchev–Trinajstić information content (AvgIpc) is 2.41. The second-order valence-corrected chi connectivity index (χ2v) is 4.28. The molecule has 2 aromatic carbocycles. The van der Waals surface area contributed by atoms with Crippen LogP contribution in [-0.4, -0.2) is 13.1 Å². The van der Waals surface area contributed by atoms with E-state index in [1.54, 1.807) is 6.07 Å². The van der Waals surface area contributed by atoms with Crippen LogP contribution in [0.25, 0.3) is 11.1 Å². The summed E-state index contributed by atoms with van der Waals surface area (Å²) in [5.41, 5.74) is 5.01. The summed E-state index contributed by atoms with van der Waals surface area (Å²) in [5.74, 6) is -0.300. The van der Waals surface area contributed by atoms with Crippen molar-refractivity contribution >= 4 is 5.97 Å². The quantitative estimate of drug-likeness (QED) is 0.747. The van der Waals surface area contributed by atoms with Gasteiger partial charge >= 0.3 is 5.97 Å². The molecular weight excluding hydrogens is 224 g/mol. The molecule has 0 aromatic heterocycles. The summed E-state index contributed by atoms with van der Waals surface area (Å²) in [6.07, 6.45) is 0. The molecule has 0 radical (unpaired) electrons. The zero-order chi connectivity index (χ0) is 13.1. The van der Waals surface area contributed by atoms with Crippen LogP contribution in [0.2, 0.25) is 0 Å². The van der Waals surface area contributed by atoms with Crippen molar-refractivity contribution in [2.75, 3.05) is 7.11 Å². The Kier molecular flexibility index (Phi) is 3.47. The first-order valence-electron chi connectivity index (χ1n) is 5.89. The minimum atomic E-state index is -0.300. The third-order valence-electron chi connectivity index (χ3n) is 3.23. The van der Waals surface area contributed by atoms with Gasteiger partial charge in [-0.15, -0.1) is 0 Å². The predicted octanol–water partition coefficient (Wildman–Crippen LogP) is 3.76. The molecule has 0 spiro atoms. The maximum atomic E-state index is 11.8. The van der Waals surface area contributed by atoms with Crippen LogP contribution in [0.1, 0.15) is 21.5 Å².